The van der Waals surface area contributed by atoms with Crippen LogP contribution in [-0.4, -0.2) is 10.5 Å². The lowest BCUT2D eigenvalue weighted by molar-refractivity contribution is 0.817. The zero-order chi connectivity index (χ0) is 14.6. The maximum atomic E-state index is 2.54. The van der Waals surface area contributed by atoms with Gasteiger partial charge in [-0.15, -0.1) is 23.5 Å². The van der Waals surface area contributed by atoms with Crippen LogP contribution in [-0.2, 0) is 4.08 Å². The van der Waals surface area contributed by atoms with Crippen molar-refractivity contribution in [2.45, 2.75) is 14.6 Å². The van der Waals surface area contributed by atoms with Crippen LogP contribution in [0.2, 0.25) is 0 Å². The number of fused-ring (bicyclic) bond motifs is 1. The van der Waals surface area contributed by atoms with E-state index in [2.05, 4.69) is 102 Å². The minimum Gasteiger partial charge on any atom is -0.129 e. The normalized spacial score (nSPS) is 34.7. The number of allylic oxidation sites excluding steroid dienone is 2. The van der Waals surface area contributed by atoms with Crippen LogP contribution in [0, 0.1) is 5.92 Å². The predicted octanol–water partition coefficient (Wildman–Crippen LogP) is 5.34. The van der Waals surface area contributed by atoms with Crippen molar-refractivity contribution in [1.29, 1.82) is 0 Å². The van der Waals surface area contributed by atoms with Gasteiger partial charge in [0.25, 0.3) is 0 Å². The van der Waals surface area contributed by atoms with Crippen LogP contribution in [0.1, 0.15) is 11.1 Å². The molecule has 0 saturated carbocycles. The Hall–Kier alpha value is -1.38. The number of rotatable bonds is 2. The summed E-state index contributed by atoms with van der Waals surface area (Å²) in [6.45, 7) is 0. The minimum absolute atomic E-state index is 0.0863. The molecule has 1 saturated heterocycles. The Kier molecular flexibility index (Phi) is 2.86. The molecule has 0 radical (unpaired) electrons. The van der Waals surface area contributed by atoms with Gasteiger partial charge < -0.3 is 0 Å². The van der Waals surface area contributed by atoms with Gasteiger partial charge in [-0.25, -0.2) is 0 Å². The summed E-state index contributed by atoms with van der Waals surface area (Å²) in [5.74, 6) is 0.573. The second-order valence-electron chi connectivity index (χ2n) is 6.07. The molecule has 22 heavy (non-hydrogen) atoms. The van der Waals surface area contributed by atoms with Gasteiger partial charge in [0.1, 0.15) is 4.08 Å². The standard InChI is InChI=1S/C20H16S2/c1-3-7-14(8-4-1)17-13-20(15-9-5-2-6-10-15)21-18-12-11-16(17)19(18)22-20/h1-13,16,18-19H/t16-,18-,19+,20+/m1/s1. The van der Waals surface area contributed by atoms with Crippen LogP contribution in [0.15, 0.2) is 78.9 Å². The average Bonchev–Trinajstić information content (AvgIpc) is 3.10. The van der Waals surface area contributed by atoms with E-state index in [4.69, 9.17) is 0 Å². The predicted molar refractivity (Wildman–Crippen MR) is 97.9 cm³/mol. The van der Waals surface area contributed by atoms with Gasteiger partial charge in [-0.05, 0) is 22.8 Å². The van der Waals surface area contributed by atoms with Crippen LogP contribution in [0.3, 0.4) is 0 Å². The molecule has 2 heteroatoms. The first-order valence-corrected chi connectivity index (χ1v) is 9.49. The Morgan fingerprint density at radius 2 is 1.50 bits per heavy atom. The van der Waals surface area contributed by atoms with Gasteiger partial charge in [-0.1, -0.05) is 72.8 Å². The van der Waals surface area contributed by atoms with E-state index in [1.807, 2.05) is 0 Å². The molecular weight excluding hydrogens is 304 g/mol. The Morgan fingerprint density at radius 3 is 2.27 bits per heavy atom. The quantitative estimate of drug-likeness (QED) is 0.685. The summed E-state index contributed by atoms with van der Waals surface area (Å²) >= 11 is 4.28. The first-order chi connectivity index (χ1) is 10.9. The molecular formula is C20H16S2. The van der Waals surface area contributed by atoms with Crippen molar-refractivity contribution in [1.82, 2.24) is 0 Å². The van der Waals surface area contributed by atoms with E-state index in [9.17, 15) is 0 Å². The molecule has 5 rings (SSSR count). The number of benzene rings is 2. The number of thioether (sulfide) groups is 2. The van der Waals surface area contributed by atoms with Crippen LogP contribution in [0.5, 0.6) is 0 Å². The molecule has 2 heterocycles. The molecule has 2 aromatic rings. The van der Waals surface area contributed by atoms with Crippen LogP contribution < -0.4 is 0 Å². The maximum absolute atomic E-state index is 2.54. The molecule has 0 N–H and O–H groups in total. The molecule has 2 aliphatic heterocycles. The third kappa shape index (κ3) is 1.80. The highest BCUT2D eigenvalue weighted by Gasteiger charge is 2.54. The highest BCUT2D eigenvalue weighted by Crippen LogP contribution is 2.68. The molecule has 0 unspecified atom stereocenters. The van der Waals surface area contributed by atoms with Gasteiger partial charge in [0, 0.05) is 16.4 Å². The Bertz CT molecular complexity index is 763. The van der Waals surface area contributed by atoms with Gasteiger partial charge in [0.15, 0.2) is 0 Å². The molecule has 3 aliphatic rings. The largest absolute Gasteiger partial charge is 0.129 e. The summed E-state index contributed by atoms with van der Waals surface area (Å²) in [4.78, 5) is 0. The van der Waals surface area contributed by atoms with Gasteiger partial charge in [0.05, 0.1) is 0 Å². The topological polar surface area (TPSA) is 0 Å². The van der Waals surface area contributed by atoms with Crippen molar-refractivity contribution < 1.29 is 0 Å². The van der Waals surface area contributed by atoms with Crippen molar-refractivity contribution in [3.63, 3.8) is 0 Å². The monoisotopic (exact) mass is 320 g/mol. The SMILES string of the molecule is C1=C[C@H]2S[C@@]3(c4ccccc4)C=C(c4ccccc4)[C@@H]1[C@@H]2S3. The minimum atomic E-state index is 0.0863. The van der Waals surface area contributed by atoms with E-state index in [-0.39, 0.29) is 4.08 Å². The summed E-state index contributed by atoms with van der Waals surface area (Å²) in [7, 11) is 0. The van der Waals surface area contributed by atoms with Gasteiger partial charge in [0.2, 0.25) is 0 Å². The van der Waals surface area contributed by atoms with E-state index in [0.717, 1.165) is 0 Å². The third-order valence-electron chi connectivity index (χ3n) is 4.80. The van der Waals surface area contributed by atoms with Crippen molar-refractivity contribution in [3.8, 4) is 0 Å². The summed E-state index contributed by atoms with van der Waals surface area (Å²) in [5.41, 5.74) is 4.32. The fraction of sp³-hybridized carbons (Fsp3) is 0.200. The summed E-state index contributed by atoms with van der Waals surface area (Å²) in [5, 5.41) is 1.33. The second-order valence-corrected chi connectivity index (χ2v) is 9.18. The van der Waals surface area contributed by atoms with Gasteiger partial charge in [-0.3, -0.25) is 0 Å². The lowest BCUT2D eigenvalue weighted by Gasteiger charge is -2.34. The summed E-state index contributed by atoms with van der Waals surface area (Å²) in [6.07, 6.45) is 7.41. The molecule has 0 amide bonds. The molecule has 1 fully saturated rings. The molecule has 4 atom stereocenters. The Balaban J connectivity index is 1.70. The highest BCUT2D eigenvalue weighted by atomic mass is 32.2. The maximum Gasteiger partial charge on any atom is 0.106 e. The zero-order valence-electron chi connectivity index (χ0n) is 12.1. The lowest BCUT2D eigenvalue weighted by atomic mass is 9.89. The zero-order valence-corrected chi connectivity index (χ0v) is 13.7. The first-order valence-electron chi connectivity index (χ1n) is 7.73. The molecule has 2 aromatic carbocycles. The molecule has 0 nitrogen and oxygen atoms in total. The average molecular weight is 320 g/mol. The smallest absolute Gasteiger partial charge is 0.106 e. The Morgan fingerprint density at radius 1 is 0.773 bits per heavy atom. The van der Waals surface area contributed by atoms with Crippen molar-refractivity contribution in [2.75, 3.05) is 0 Å². The Labute approximate surface area is 139 Å². The molecule has 108 valence electrons. The fourth-order valence-corrected chi connectivity index (χ4v) is 7.82. The van der Waals surface area contributed by atoms with Crippen LogP contribution >= 0.6 is 23.5 Å². The van der Waals surface area contributed by atoms with Gasteiger partial charge in [-0.2, -0.15) is 0 Å². The number of hydrogen-bond donors (Lipinski definition) is 0. The summed E-state index contributed by atoms with van der Waals surface area (Å²) < 4.78 is 0.0863. The van der Waals surface area contributed by atoms with Crippen molar-refractivity contribution in [2.24, 2.45) is 5.92 Å². The lowest BCUT2D eigenvalue weighted by Crippen LogP contribution is -2.23. The van der Waals surface area contributed by atoms with Crippen LogP contribution in [0.25, 0.3) is 5.57 Å². The van der Waals surface area contributed by atoms with Crippen molar-refractivity contribution >= 4 is 29.1 Å². The van der Waals surface area contributed by atoms with E-state index in [0.29, 0.717) is 16.4 Å². The van der Waals surface area contributed by atoms with E-state index >= 15 is 0 Å². The fourth-order valence-electron chi connectivity index (χ4n) is 3.78. The first kappa shape index (κ1) is 13.1. The molecule has 2 bridgehead atoms. The van der Waals surface area contributed by atoms with Gasteiger partial charge >= 0.3 is 0 Å². The molecule has 0 spiro atoms. The van der Waals surface area contributed by atoms with Crippen LogP contribution in [0.4, 0.5) is 0 Å². The van der Waals surface area contributed by atoms with E-state index in [1.54, 1.807) is 0 Å². The van der Waals surface area contributed by atoms with E-state index < -0.39 is 0 Å². The number of hydrogen-bond acceptors (Lipinski definition) is 2. The molecule has 0 aromatic heterocycles. The van der Waals surface area contributed by atoms with E-state index in [1.165, 1.54) is 16.7 Å². The second kappa shape index (κ2) is 4.81. The molecule has 1 aliphatic carbocycles. The van der Waals surface area contributed by atoms with Crippen molar-refractivity contribution in [3.05, 3.63) is 90.0 Å². The highest BCUT2D eigenvalue weighted by molar-refractivity contribution is 8.21. The third-order valence-corrected chi connectivity index (χ3v) is 8.53. The summed E-state index contributed by atoms with van der Waals surface area (Å²) in [6, 6.07) is 21.9.